The van der Waals surface area contributed by atoms with E-state index in [2.05, 4.69) is 14.9 Å². The molecule has 8 nitrogen and oxygen atoms in total. The summed E-state index contributed by atoms with van der Waals surface area (Å²) < 4.78 is 13.0. The summed E-state index contributed by atoms with van der Waals surface area (Å²) >= 11 is 0. The number of nitrogens with zero attached hydrogens (tertiary/aromatic N) is 4. The topological polar surface area (TPSA) is 85.4 Å². The Balaban J connectivity index is 1.51. The molecule has 8 heteroatoms. The maximum absolute atomic E-state index is 11.9. The molecule has 1 aliphatic heterocycles. The number of hydrogen-bond acceptors (Lipinski definition) is 6. The summed E-state index contributed by atoms with van der Waals surface area (Å²) in [7, 11) is 0. The van der Waals surface area contributed by atoms with E-state index in [-0.39, 0.29) is 12.1 Å². The number of fused-ring (bicyclic) bond motifs is 1. The normalized spacial score (nSPS) is 15.1. The van der Waals surface area contributed by atoms with E-state index in [1.54, 1.807) is 17.3 Å². The van der Waals surface area contributed by atoms with Crippen LogP contribution in [0.4, 0.5) is 10.7 Å². The number of ether oxygens (including phenoxy) is 1. The smallest absolute Gasteiger partial charge is 0.409 e. The van der Waals surface area contributed by atoms with Gasteiger partial charge in [-0.3, -0.25) is 4.98 Å². The second kappa shape index (κ2) is 7.92. The molecule has 1 amide bonds. The fraction of sp³-hybridized carbons (Fsp3) is 0.450. The number of piperidine rings is 1. The van der Waals surface area contributed by atoms with Gasteiger partial charge in [0.25, 0.3) is 0 Å². The first-order valence-corrected chi connectivity index (χ1v) is 9.68. The standard InChI is InChI=1S/C20H25N5O3/c1-3-27-20(26)24-10-7-15(8-11-24)22-19-23-17-12-21-9-6-18(17)25(19)13-16-5-4-14(2)28-16/h4-6,9,12,15H,3,7-8,10-11,13H2,1-2H3,(H,22,23). The highest BCUT2D eigenvalue weighted by atomic mass is 16.6. The summed E-state index contributed by atoms with van der Waals surface area (Å²) in [6.07, 6.45) is 5.01. The van der Waals surface area contributed by atoms with Crippen molar-refractivity contribution in [3.05, 3.63) is 42.1 Å². The second-order valence-electron chi connectivity index (χ2n) is 7.00. The Morgan fingerprint density at radius 1 is 1.32 bits per heavy atom. The first kappa shape index (κ1) is 18.3. The Morgan fingerprint density at radius 3 is 2.86 bits per heavy atom. The van der Waals surface area contributed by atoms with Crippen LogP contribution in [0.3, 0.4) is 0 Å². The Labute approximate surface area is 163 Å². The van der Waals surface area contributed by atoms with Gasteiger partial charge in [0, 0.05) is 25.3 Å². The number of pyridine rings is 1. The summed E-state index contributed by atoms with van der Waals surface area (Å²) in [5, 5.41) is 3.56. The molecule has 0 aromatic carbocycles. The van der Waals surface area contributed by atoms with E-state index in [9.17, 15) is 4.79 Å². The van der Waals surface area contributed by atoms with E-state index in [0.717, 1.165) is 41.3 Å². The average Bonchev–Trinajstić information content (AvgIpc) is 3.26. The quantitative estimate of drug-likeness (QED) is 0.727. The van der Waals surface area contributed by atoms with Crippen LogP contribution in [0.2, 0.25) is 0 Å². The second-order valence-corrected chi connectivity index (χ2v) is 7.00. The molecule has 3 aromatic rings. The fourth-order valence-corrected chi connectivity index (χ4v) is 3.58. The summed E-state index contributed by atoms with van der Waals surface area (Å²) in [5.74, 6) is 2.57. The summed E-state index contributed by atoms with van der Waals surface area (Å²) in [6.45, 7) is 6.12. The zero-order valence-corrected chi connectivity index (χ0v) is 16.2. The van der Waals surface area contributed by atoms with Gasteiger partial charge in [-0.1, -0.05) is 0 Å². The van der Waals surface area contributed by atoms with Gasteiger partial charge in [-0.15, -0.1) is 0 Å². The number of aromatic nitrogens is 3. The van der Waals surface area contributed by atoms with Gasteiger partial charge in [0.2, 0.25) is 5.95 Å². The molecule has 1 aliphatic rings. The van der Waals surface area contributed by atoms with Crippen molar-refractivity contribution in [1.82, 2.24) is 19.4 Å². The monoisotopic (exact) mass is 383 g/mol. The lowest BCUT2D eigenvalue weighted by Gasteiger charge is -2.31. The summed E-state index contributed by atoms with van der Waals surface area (Å²) in [6, 6.07) is 6.16. The third kappa shape index (κ3) is 3.81. The minimum absolute atomic E-state index is 0.229. The van der Waals surface area contributed by atoms with Crippen molar-refractivity contribution in [3.63, 3.8) is 0 Å². The number of likely N-dealkylation sites (tertiary alicyclic amines) is 1. The minimum atomic E-state index is -0.229. The number of aryl methyl sites for hydroxylation is 1. The van der Waals surface area contributed by atoms with Crippen LogP contribution in [0.1, 0.15) is 31.3 Å². The van der Waals surface area contributed by atoms with Crippen molar-refractivity contribution < 1.29 is 13.9 Å². The van der Waals surface area contributed by atoms with Crippen LogP contribution in [0, 0.1) is 6.92 Å². The minimum Gasteiger partial charge on any atom is -0.464 e. The van der Waals surface area contributed by atoms with Gasteiger partial charge in [0.05, 0.1) is 24.9 Å². The van der Waals surface area contributed by atoms with Gasteiger partial charge in [-0.2, -0.15) is 0 Å². The zero-order valence-electron chi connectivity index (χ0n) is 16.2. The highest BCUT2D eigenvalue weighted by Gasteiger charge is 2.25. The molecule has 28 heavy (non-hydrogen) atoms. The Morgan fingerprint density at radius 2 is 2.14 bits per heavy atom. The van der Waals surface area contributed by atoms with Crippen LogP contribution in [0.25, 0.3) is 11.0 Å². The number of nitrogens with one attached hydrogen (secondary N) is 1. The molecule has 0 atom stereocenters. The molecule has 0 radical (unpaired) electrons. The molecule has 148 valence electrons. The molecule has 1 fully saturated rings. The lowest BCUT2D eigenvalue weighted by Crippen LogP contribution is -2.42. The van der Waals surface area contributed by atoms with E-state index in [0.29, 0.717) is 26.2 Å². The van der Waals surface area contributed by atoms with E-state index in [1.807, 2.05) is 32.0 Å². The molecule has 0 spiro atoms. The van der Waals surface area contributed by atoms with E-state index in [4.69, 9.17) is 14.1 Å². The lowest BCUT2D eigenvalue weighted by molar-refractivity contribution is 0.0983. The number of imidazole rings is 1. The fourth-order valence-electron chi connectivity index (χ4n) is 3.58. The van der Waals surface area contributed by atoms with E-state index in [1.165, 1.54) is 0 Å². The highest BCUT2D eigenvalue weighted by Crippen LogP contribution is 2.24. The predicted molar refractivity (Wildman–Crippen MR) is 105 cm³/mol. The van der Waals surface area contributed by atoms with Crippen LogP contribution in [0.15, 0.2) is 35.0 Å². The molecule has 3 aromatic heterocycles. The van der Waals surface area contributed by atoms with Crippen LogP contribution in [-0.2, 0) is 11.3 Å². The van der Waals surface area contributed by atoms with Crippen molar-refractivity contribution in [3.8, 4) is 0 Å². The van der Waals surface area contributed by atoms with Crippen LogP contribution >= 0.6 is 0 Å². The van der Waals surface area contributed by atoms with Gasteiger partial charge in [0.1, 0.15) is 17.0 Å². The summed E-state index contributed by atoms with van der Waals surface area (Å²) in [4.78, 5) is 22.6. The van der Waals surface area contributed by atoms with Crippen LogP contribution < -0.4 is 5.32 Å². The van der Waals surface area contributed by atoms with Crippen molar-refractivity contribution in [1.29, 1.82) is 0 Å². The van der Waals surface area contributed by atoms with Gasteiger partial charge in [-0.05, 0) is 44.9 Å². The number of carbonyl (C=O) groups excluding carboxylic acids is 1. The molecule has 0 saturated carbocycles. The third-order valence-corrected chi connectivity index (χ3v) is 5.01. The molecule has 0 bridgehead atoms. The number of amides is 1. The number of anilines is 1. The van der Waals surface area contributed by atoms with Crippen molar-refractivity contribution in [2.45, 2.75) is 39.3 Å². The van der Waals surface area contributed by atoms with Crippen molar-refractivity contribution in [2.24, 2.45) is 0 Å². The number of carbonyl (C=O) groups is 1. The van der Waals surface area contributed by atoms with Crippen molar-refractivity contribution >= 4 is 23.1 Å². The predicted octanol–water partition coefficient (Wildman–Crippen LogP) is 3.41. The maximum Gasteiger partial charge on any atom is 0.409 e. The number of hydrogen-bond donors (Lipinski definition) is 1. The largest absolute Gasteiger partial charge is 0.464 e. The third-order valence-electron chi connectivity index (χ3n) is 5.01. The van der Waals surface area contributed by atoms with E-state index >= 15 is 0 Å². The molecular weight excluding hydrogens is 358 g/mol. The molecular formula is C20H25N5O3. The molecule has 1 N–H and O–H groups in total. The molecule has 0 unspecified atom stereocenters. The molecule has 0 aliphatic carbocycles. The Bertz CT molecular complexity index is 956. The Hall–Kier alpha value is -3.03. The van der Waals surface area contributed by atoms with Gasteiger partial charge in [-0.25, -0.2) is 9.78 Å². The van der Waals surface area contributed by atoms with Crippen LogP contribution in [-0.4, -0.2) is 51.3 Å². The highest BCUT2D eigenvalue weighted by molar-refractivity contribution is 5.77. The SMILES string of the molecule is CCOC(=O)N1CCC(Nc2nc3cnccc3n2Cc2ccc(C)o2)CC1. The maximum atomic E-state index is 11.9. The van der Waals surface area contributed by atoms with Gasteiger partial charge < -0.3 is 23.9 Å². The van der Waals surface area contributed by atoms with Gasteiger partial charge in [0.15, 0.2) is 0 Å². The number of rotatable bonds is 5. The van der Waals surface area contributed by atoms with Crippen molar-refractivity contribution in [2.75, 3.05) is 25.0 Å². The average molecular weight is 383 g/mol. The molecule has 4 rings (SSSR count). The number of furan rings is 1. The summed E-state index contributed by atoms with van der Waals surface area (Å²) in [5.41, 5.74) is 1.85. The first-order valence-electron chi connectivity index (χ1n) is 9.68. The van der Waals surface area contributed by atoms with Gasteiger partial charge >= 0.3 is 6.09 Å². The molecule has 1 saturated heterocycles. The lowest BCUT2D eigenvalue weighted by atomic mass is 10.1. The first-order chi connectivity index (χ1) is 13.6. The molecule has 4 heterocycles. The Kier molecular flexibility index (Phi) is 5.18. The zero-order chi connectivity index (χ0) is 19.5. The van der Waals surface area contributed by atoms with E-state index < -0.39 is 0 Å². The van der Waals surface area contributed by atoms with Crippen LogP contribution in [0.5, 0.6) is 0 Å².